The van der Waals surface area contributed by atoms with Crippen molar-refractivity contribution in [2.24, 2.45) is 0 Å². The molecule has 1 amide bonds. The molecule has 0 fully saturated rings. The standard InChI is InChI=1S/C31H40FNO6S/c1-7-10-11-12-14-23-18-21(4)17-22(5)30(23)24-15-16-26(32)25(19-24)27(20-29(34)38-9-3)33-31(35)28(13-8-2)39-40(6,36)37/h7-8,15-19,27-28H,1-2,9-14,20H2,3-6H3,(H,33,35)/t27-,28+/m0/s1. The summed E-state index contributed by atoms with van der Waals surface area (Å²) in [5.41, 5.74) is 5.05. The number of aryl methyl sites for hydroxylation is 3. The second-order valence-corrected chi connectivity index (χ2v) is 11.4. The molecule has 2 atom stereocenters. The van der Waals surface area contributed by atoms with Crippen molar-refractivity contribution in [1.29, 1.82) is 0 Å². The van der Waals surface area contributed by atoms with Gasteiger partial charge in [0.15, 0.2) is 6.10 Å². The first-order chi connectivity index (χ1) is 18.9. The molecule has 2 rings (SSSR count). The van der Waals surface area contributed by atoms with Crippen LogP contribution in [-0.4, -0.2) is 39.3 Å². The number of halogens is 1. The van der Waals surface area contributed by atoms with E-state index in [1.807, 2.05) is 19.9 Å². The fourth-order valence-electron chi connectivity index (χ4n) is 4.68. The number of nitrogens with one attached hydrogen (secondary N) is 1. The van der Waals surface area contributed by atoms with Gasteiger partial charge < -0.3 is 10.1 Å². The average Bonchev–Trinajstić information content (AvgIpc) is 2.85. The van der Waals surface area contributed by atoms with Crippen molar-refractivity contribution < 1.29 is 31.3 Å². The third-order valence-corrected chi connectivity index (χ3v) is 6.86. The summed E-state index contributed by atoms with van der Waals surface area (Å²) >= 11 is 0. The lowest BCUT2D eigenvalue weighted by Gasteiger charge is -2.23. The van der Waals surface area contributed by atoms with Crippen molar-refractivity contribution in [3.63, 3.8) is 0 Å². The van der Waals surface area contributed by atoms with E-state index >= 15 is 4.39 Å². The highest BCUT2D eigenvalue weighted by atomic mass is 32.2. The SMILES string of the molecule is C=CCCCCc1cc(C)cc(C)c1-c1ccc(F)c([C@H](CC(=O)OCC)NC(=O)[C@@H](CC=C)OS(C)(=O)=O)c1. The molecule has 0 bridgehead atoms. The number of carbonyl (C=O) groups excluding carboxylic acids is 2. The van der Waals surface area contributed by atoms with E-state index in [2.05, 4.69) is 30.6 Å². The lowest BCUT2D eigenvalue weighted by molar-refractivity contribution is -0.144. The van der Waals surface area contributed by atoms with E-state index in [9.17, 15) is 18.0 Å². The van der Waals surface area contributed by atoms with Gasteiger partial charge in [-0.1, -0.05) is 35.9 Å². The monoisotopic (exact) mass is 573 g/mol. The molecule has 7 nitrogen and oxygen atoms in total. The van der Waals surface area contributed by atoms with E-state index in [0.29, 0.717) is 0 Å². The van der Waals surface area contributed by atoms with Crippen molar-refractivity contribution >= 4 is 22.0 Å². The first-order valence-corrected chi connectivity index (χ1v) is 15.2. The summed E-state index contributed by atoms with van der Waals surface area (Å²) in [6.07, 6.45) is 5.88. The van der Waals surface area contributed by atoms with Crippen molar-refractivity contribution in [3.05, 3.63) is 83.7 Å². The quantitative estimate of drug-likeness (QED) is 0.114. The number of carbonyl (C=O) groups is 2. The second kappa shape index (κ2) is 15.5. The van der Waals surface area contributed by atoms with Crippen LogP contribution in [0.25, 0.3) is 11.1 Å². The van der Waals surface area contributed by atoms with Crippen LogP contribution in [0.3, 0.4) is 0 Å². The Labute approximate surface area is 237 Å². The minimum atomic E-state index is -3.98. The summed E-state index contributed by atoms with van der Waals surface area (Å²) in [7, 11) is -3.98. The summed E-state index contributed by atoms with van der Waals surface area (Å²) < 4.78 is 48.8. The summed E-state index contributed by atoms with van der Waals surface area (Å²) in [6, 6.07) is 7.67. The zero-order valence-corrected chi connectivity index (χ0v) is 24.6. The van der Waals surface area contributed by atoms with Gasteiger partial charge in [0.05, 0.1) is 25.3 Å². The number of benzene rings is 2. The largest absolute Gasteiger partial charge is 0.466 e. The van der Waals surface area contributed by atoms with Crippen LogP contribution < -0.4 is 5.32 Å². The van der Waals surface area contributed by atoms with Crippen LogP contribution in [0.2, 0.25) is 0 Å². The van der Waals surface area contributed by atoms with Crippen LogP contribution >= 0.6 is 0 Å². The number of rotatable bonds is 16. The summed E-state index contributed by atoms with van der Waals surface area (Å²) in [6.45, 7) is 13.1. The number of hydrogen-bond donors (Lipinski definition) is 1. The van der Waals surface area contributed by atoms with E-state index in [4.69, 9.17) is 8.92 Å². The summed E-state index contributed by atoms with van der Waals surface area (Å²) in [5.74, 6) is -2.09. The maximum Gasteiger partial charge on any atom is 0.308 e. The molecule has 0 aliphatic heterocycles. The van der Waals surface area contributed by atoms with Crippen LogP contribution in [0.5, 0.6) is 0 Å². The minimum absolute atomic E-state index is 0.0770. The fourth-order valence-corrected chi connectivity index (χ4v) is 5.27. The maximum absolute atomic E-state index is 15.3. The normalized spacial score (nSPS) is 12.8. The topological polar surface area (TPSA) is 98.8 Å². The molecular weight excluding hydrogens is 533 g/mol. The molecule has 1 N–H and O–H groups in total. The smallest absolute Gasteiger partial charge is 0.308 e. The number of hydrogen-bond acceptors (Lipinski definition) is 6. The van der Waals surface area contributed by atoms with Gasteiger partial charge in [-0.2, -0.15) is 8.42 Å². The number of esters is 1. The van der Waals surface area contributed by atoms with E-state index < -0.39 is 40.0 Å². The van der Waals surface area contributed by atoms with Gasteiger partial charge in [0.2, 0.25) is 0 Å². The lowest BCUT2D eigenvalue weighted by Crippen LogP contribution is -2.40. The third kappa shape index (κ3) is 10.0. The number of ether oxygens (including phenoxy) is 1. The van der Waals surface area contributed by atoms with Crippen LogP contribution in [0.4, 0.5) is 4.39 Å². The Morgan fingerprint density at radius 2 is 1.82 bits per heavy atom. The maximum atomic E-state index is 15.3. The molecule has 0 spiro atoms. The van der Waals surface area contributed by atoms with Crippen molar-refractivity contribution in [1.82, 2.24) is 5.32 Å². The molecule has 2 aromatic rings. The van der Waals surface area contributed by atoms with Gasteiger partial charge in [0, 0.05) is 12.0 Å². The number of allylic oxidation sites excluding steroid dienone is 1. The van der Waals surface area contributed by atoms with E-state index in [0.717, 1.165) is 59.8 Å². The molecule has 0 aliphatic rings. The van der Waals surface area contributed by atoms with E-state index in [1.54, 1.807) is 19.1 Å². The molecule has 0 heterocycles. The lowest BCUT2D eigenvalue weighted by atomic mass is 9.88. The zero-order chi connectivity index (χ0) is 29.9. The van der Waals surface area contributed by atoms with Gasteiger partial charge in [-0.15, -0.1) is 13.2 Å². The molecule has 2 aromatic carbocycles. The zero-order valence-electron chi connectivity index (χ0n) is 23.8. The van der Waals surface area contributed by atoms with Crippen LogP contribution in [-0.2, 0) is 35.0 Å². The highest BCUT2D eigenvalue weighted by Crippen LogP contribution is 2.33. The van der Waals surface area contributed by atoms with Crippen molar-refractivity contribution in [3.8, 4) is 11.1 Å². The van der Waals surface area contributed by atoms with Gasteiger partial charge in [0.25, 0.3) is 16.0 Å². The molecule has 0 aliphatic carbocycles. The molecule has 0 radical (unpaired) electrons. The van der Waals surface area contributed by atoms with E-state index in [-0.39, 0.29) is 25.0 Å². The Morgan fingerprint density at radius 1 is 1.10 bits per heavy atom. The number of unbranched alkanes of at least 4 members (excludes halogenated alkanes) is 2. The van der Waals surface area contributed by atoms with Crippen molar-refractivity contribution in [2.75, 3.05) is 12.9 Å². The van der Waals surface area contributed by atoms with Crippen LogP contribution in [0.1, 0.15) is 67.3 Å². The Bertz CT molecular complexity index is 1320. The molecule has 0 saturated carbocycles. The Balaban J connectivity index is 2.55. The fraction of sp³-hybridized carbons (Fsp3) is 0.419. The molecule has 40 heavy (non-hydrogen) atoms. The summed E-state index contributed by atoms with van der Waals surface area (Å²) in [5, 5.41) is 2.61. The average molecular weight is 574 g/mol. The highest BCUT2D eigenvalue weighted by Gasteiger charge is 2.29. The molecular formula is C31H40FNO6S. The first kappa shape index (κ1) is 32.9. The van der Waals surface area contributed by atoms with Gasteiger partial charge >= 0.3 is 5.97 Å². The molecule has 0 saturated heterocycles. The molecule has 0 unspecified atom stereocenters. The minimum Gasteiger partial charge on any atom is -0.466 e. The van der Waals surface area contributed by atoms with Gasteiger partial charge in [-0.3, -0.25) is 13.8 Å². The Hall–Kier alpha value is -3.30. The molecule has 0 aromatic heterocycles. The van der Waals surface area contributed by atoms with Gasteiger partial charge in [-0.05, 0) is 80.8 Å². The predicted octanol–water partition coefficient (Wildman–Crippen LogP) is 6.04. The number of amides is 1. The van der Waals surface area contributed by atoms with Crippen LogP contribution in [0.15, 0.2) is 55.6 Å². The van der Waals surface area contributed by atoms with Gasteiger partial charge in [-0.25, -0.2) is 4.39 Å². The molecule has 9 heteroatoms. The second-order valence-electron chi connectivity index (χ2n) is 9.77. The predicted molar refractivity (Wildman–Crippen MR) is 156 cm³/mol. The molecule has 218 valence electrons. The first-order valence-electron chi connectivity index (χ1n) is 13.4. The van der Waals surface area contributed by atoms with Gasteiger partial charge in [0.1, 0.15) is 5.82 Å². The highest BCUT2D eigenvalue weighted by molar-refractivity contribution is 7.86. The van der Waals surface area contributed by atoms with E-state index in [1.165, 1.54) is 12.1 Å². The summed E-state index contributed by atoms with van der Waals surface area (Å²) in [4.78, 5) is 25.6. The van der Waals surface area contributed by atoms with Crippen molar-refractivity contribution in [2.45, 2.75) is 71.4 Å². The Kier molecular flexibility index (Phi) is 12.7. The third-order valence-electron chi connectivity index (χ3n) is 6.28. The van der Waals surface area contributed by atoms with Crippen LogP contribution in [0, 0.1) is 19.7 Å². The Morgan fingerprint density at radius 3 is 2.45 bits per heavy atom.